The Bertz CT molecular complexity index is 401. The van der Waals surface area contributed by atoms with Crippen LogP contribution in [0.4, 0.5) is 0 Å². The highest BCUT2D eigenvalue weighted by Crippen LogP contribution is 2.15. The van der Waals surface area contributed by atoms with Crippen molar-refractivity contribution in [2.45, 2.75) is 19.4 Å². The van der Waals surface area contributed by atoms with Crippen LogP contribution in [0, 0.1) is 12.3 Å². The highest BCUT2D eigenvalue weighted by Gasteiger charge is 2.16. The zero-order valence-corrected chi connectivity index (χ0v) is 8.52. The molecule has 0 aliphatic rings. The number of aromatic nitrogens is 1. The summed E-state index contributed by atoms with van der Waals surface area (Å²) in [5, 5.41) is 8.64. The second-order valence-corrected chi connectivity index (χ2v) is 3.45. The largest absolute Gasteiger partial charge is 0.478 e. The first-order valence-corrected chi connectivity index (χ1v) is 4.31. The second kappa shape index (κ2) is 4.01. The molecule has 1 aromatic rings. The Balaban J connectivity index is 2.83. The van der Waals surface area contributed by atoms with Crippen molar-refractivity contribution in [1.82, 2.24) is 4.98 Å². The summed E-state index contributed by atoms with van der Waals surface area (Å²) in [6.45, 7) is 3.44. The Morgan fingerprint density at radius 2 is 2.27 bits per heavy atom. The molecule has 1 rings (SSSR count). The van der Waals surface area contributed by atoms with Crippen molar-refractivity contribution in [1.29, 1.82) is 0 Å². The average Bonchev–Trinajstić information content (AvgIpc) is 2.18. The molecule has 4 heteroatoms. The molecule has 0 bridgehead atoms. The lowest BCUT2D eigenvalue weighted by atomic mass is 10.1. The molecule has 0 spiro atoms. The van der Waals surface area contributed by atoms with Gasteiger partial charge in [-0.2, -0.15) is 0 Å². The normalized spacial score (nSPS) is 10.5. The van der Waals surface area contributed by atoms with E-state index in [2.05, 4.69) is 10.9 Å². The molecule has 78 valence electrons. The molecular weight excluding hydrogens is 194 g/mol. The second-order valence-electron chi connectivity index (χ2n) is 3.45. The molecule has 1 N–H and O–H groups in total. The SMILES string of the molecule is C#CC(C)(C)Oc1ccc(C(=O)O)cn1. The maximum absolute atomic E-state index is 10.5. The monoisotopic (exact) mass is 205 g/mol. The molecule has 1 aromatic heterocycles. The standard InChI is InChI=1S/C11H11NO3/c1-4-11(2,3)15-9-6-5-8(7-12-9)10(13)14/h1,5-7H,2-3H3,(H,13,14). The molecule has 4 nitrogen and oxygen atoms in total. The van der Waals surface area contributed by atoms with E-state index in [1.54, 1.807) is 13.8 Å². The topological polar surface area (TPSA) is 59.4 Å². The van der Waals surface area contributed by atoms with Crippen LogP contribution >= 0.6 is 0 Å². The van der Waals surface area contributed by atoms with Gasteiger partial charge in [0.25, 0.3) is 0 Å². The average molecular weight is 205 g/mol. The minimum Gasteiger partial charge on any atom is -0.478 e. The lowest BCUT2D eigenvalue weighted by Gasteiger charge is -2.18. The van der Waals surface area contributed by atoms with Gasteiger partial charge >= 0.3 is 5.97 Å². The fourth-order valence-electron chi connectivity index (χ4n) is 0.858. The summed E-state index contributed by atoms with van der Waals surface area (Å²) in [6, 6.07) is 2.89. The van der Waals surface area contributed by atoms with Gasteiger partial charge in [0.2, 0.25) is 5.88 Å². The summed E-state index contributed by atoms with van der Waals surface area (Å²) in [4.78, 5) is 14.4. The lowest BCUT2D eigenvalue weighted by molar-refractivity contribution is 0.0696. The summed E-state index contributed by atoms with van der Waals surface area (Å²) in [7, 11) is 0. The van der Waals surface area contributed by atoms with Crippen molar-refractivity contribution in [3.63, 3.8) is 0 Å². The van der Waals surface area contributed by atoms with Gasteiger partial charge in [0.05, 0.1) is 5.56 Å². The van der Waals surface area contributed by atoms with E-state index in [9.17, 15) is 4.79 Å². The fraction of sp³-hybridized carbons (Fsp3) is 0.273. The number of terminal acetylenes is 1. The number of rotatable bonds is 3. The Morgan fingerprint density at radius 3 is 2.67 bits per heavy atom. The summed E-state index contributed by atoms with van der Waals surface area (Å²) < 4.78 is 5.35. The number of aromatic carboxylic acids is 1. The van der Waals surface area contributed by atoms with Gasteiger partial charge in [0.15, 0.2) is 5.60 Å². The van der Waals surface area contributed by atoms with Gasteiger partial charge < -0.3 is 9.84 Å². The van der Waals surface area contributed by atoms with Crippen LogP contribution in [0.2, 0.25) is 0 Å². The van der Waals surface area contributed by atoms with Crippen molar-refractivity contribution >= 4 is 5.97 Å². The number of hydrogen-bond donors (Lipinski definition) is 1. The van der Waals surface area contributed by atoms with Gasteiger partial charge in [-0.15, -0.1) is 6.42 Å². The maximum atomic E-state index is 10.5. The fourth-order valence-corrected chi connectivity index (χ4v) is 0.858. The molecule has 0 unspecified atom stereocenters. The van der Waals surface area contributed by atoms with Crippen molar-refractivity contribution in [2.24, 2.45) is 0 Å². The van der Waals surface area contributed by atoms with Gasteiger partial charge in [0, 0.05) is 12.3 Å². The molecule has 15 heavy (non-hydrogen) atoms. The van der Waals surface area contributed by atoms with Gasteiger partial charge in [-0.3, -0.25) is 0 Å². The minimum absolute atomic E-state index is 0.112. The van der Waals surface area contributed by atoms with E-state index in [0.717, 1.165) is 0 Å². The molecule has 0 amide bonds. The zero-order chi connectivity index (χ0) is 11.5. The lowest BCUT2D eigenvalue weighted by Crippen LogP contribution is -2.26. The highest BCUT2D eigenvalue weighted by molar-refractivity contribution is 5.87. The molecule has 0 aliphatic carbocycles. The number of nitrogens with zero attached hydrogens (tertiary/aromatic N) is 1. The molecule has 1 heterocycles. The van der Waals surface area contributed by atoms with Crippen LogP contribution in [0.5, 0.6) is 5.88 Å². The Morgan fingerprint density at radius 1 is 1.60 bits per heavy atom. The smallest absolute Gasteiger partial charge is 0.337 e. The quantitative estimate of drug-likeness (QED) is 0.761. The molecule has 0 aromatic carbocycles. The number of carboxylic acid groups (broad SMARTS) is 1. The Kier molecular flexibility index (Phi) is 2.96. The number of hydrogen-bond acceptors (Lipinski definition) is 3. The van der Waals surface area contributed by atoms with Gasteiger partial charge in [-0.05, 0) is 19.9 Å². The first-order valence-electron chi connectivity index (χ1n) is 4.31. The van der Waals surface area contributed by atoms with Crippen LogP contribution in [0.1, 0.15) is 24.2 Å². The summed E-state index contributed by atoms with van der Waals surface area (Å²) in [5.41, 5.74) is -0.640. The molecular formula is C11H11NO3. The van der Waals surface area contributed by atoms with Crippen LogP contribution in [-0.4, -0.2) is 21.7 Å². The number of pyridine rings is 1. The van der Waals surface area contributed by atoms with Crippen LogP contribution in [0.15, 0.2) is 18.3 Å². The van der Waals surface area contributed by atoms with Crippen LogP contribution in [0.25, 0.3) is 0 Å². The number of ether oxygens (including phenoxy) is 1. The third-order valence-electron chi connectivity index (χ3n) is 1.69. The first-order chi connectivity index (χ1) is 6.94. The third kappa shape index (κ3) is 2.99. The van der Waals surface area contributed by atoms with Crippen LogP contribution in [0.3, 0.4) is 0 Å². The molecule has 0 fully saturated rings. The van der Waals surface area contributed by atoms with E-state index < -0.39 is 11.6 Å². The molecule has 0 saturated heterocycles. The highest BCUT2D eigenvalue weighted by atomic mass is 16.5. The van der Waals surface area contributed by atoms with E-state index in [1.807, 2.05) is 0 Å². The van der Waals surface area contributed by atoms with E-state index >= 15 is 0 Å². The Hall–Kier alpha value is -2.02. The summed E-state index contributed by atoms with van der Waals surface area (Å²) >= 11 is 0. The van der Waals surface area contributed by atoms with Crippen LogP contribution < -0.4 is 4.74 Å². The molecule has 0 atom stereocenters. The van der Waals surface area contributed by atoms with E-state index in [1.165, 1.54) is 18.3 Å². The summed E-state index contributed by atoms with van der Waals surface area (Å²) in [5.74, 6) is 1.73. The van der Waals surface area contributed by atoms with E-state index in [0.29, 0.717) is 5.88 Å². The van der Waals surface area contributed by atoms with Gasteiger partial charge in [-0.25, -0.2) is 9.78 Å². The third-order valence-corrected chi connectivity index (χ3v) is 1.69. The number of carbonyl (C=O) groups is 1. The van der Waals surface area contributed by atoms with Gasteiger partial charge in [0.1, 0.15) is 0 Å². The summed E-state index contributed by atoms with van der Waals surface area (Å²) in [6.07, 6.45) is 6.46. The Labute approximate surface area is 87.9 Å². The zero-order valence-electron chi connectivity index (χ0n) is 8.52. The van der Waals surface area contributed by atoms with Gasteiger partial charge in [-0.1, -0.05) is 5.92 Å². The molecule has 0 radical (unpaired) electrons. The van der Waals surface area contributed by atoms with E-state index in [-0.39, 0.29) is 5.56 Å². The minimum atomic E-state index is -1.02. The van der Waals surface area contributed by atoms with Crippen molar-refractivity contribution < 1.29 is 14.6 Å². The van der Waals surface area contributed by atoms with Crippen LogP contribution in [-0.2, 0) is 0 Å². The molecule has 0 saturated carbocycles. The molecule has 0 aliphatic heterocycles. The first kappa shape index (κ1) is 11.1. The van der Waals surface area contributed by atoms with Crippen molar-refractivity contribution in [3.8, 4) is 18.2 Å². The predicted octanol–water partition coefficient (Wildman–Crippen LogP) is 1.57. The van der Waals surface area contributed by atoms with Crippen molar-refractivity contribution in [3.05, 3.63) is 23.9 Å². The number of carboxylic acids is 1. The van der Waals surface area contributed by atoms with E-state index in [4.69, 9.17) is 16.3 Å². The maximum Gasteiger partial charge on any atom is 0.337 e. The predicted molar refractivity (Wildman–Crippen MR) is 54.7 cm³/mol. The van der Waals surface area contributed by atoms with Crippen molar-refractivity contribution in [2.75, 3.05) is 0 Å².